The van der Waals surface area contributed by atoms with Crippen LogP contribution in [0.25, 0.3) is 0 Å². The molecule has 0 aliphatic rings. The minimum atomic E-state index is 0.250. The van der Waals surface area contributed by atoms with Crippen LogP contribution in [-0.2, 0) is 4.74 Å². The van der Waals surface area contributed by atoms with E-state index in [1.807, 2.05) is 0 Å². The van der Waals surface area contributed by atoms with Crippen molar-refractivity contribution >= 4 is 0 Å². The van der Waals surface area contributed by atoms with Crippen LogP contribution in [-0.4, -0.2) is 61.1 Å². The molecule has 5 heteroatoms. The normalized spacial score (nSPS) is 6.00. The second-order valence-corrected chi connectivity index (χ2v) is 1.67. The zero-order chi connectivity index (χ0) is 13.5. The van der Waals surface area contributed by atoms with Crippen LogP contribution in [0.4, 0.5) is 0 Å². The van der Waals surface area contributed by atoms with E-state index in [0.717, 1.165) is 0 Å². The molecule has 0 spiro atoms. The van der Waals surface area contributed by atoms with E-state index >= 15 is 0 Å². The molecule has 5 nitrogen and oxygen atoms in total. The standard InChI is InChI=1S/5C2H6O/c1-3-2;4*1-2-3/h1-2H3;4*3H,2H2,1H3. The Morgan fingerprint density at radius 1 is 0.600 bits per heavy atom. The van der Waals surface area contributed by atoms with Gasteiger partial charge in [-0.3, -0.25) is 0 Å². The molecule has 0 aromatic carbocycles. The quantitative estimate of drug-likeness (QED) is 0.479. The first-order valence-corrected chi connectivity index (χ1v) is 4.91. The van der Waals surface area contributed by atoms with Crippen LogP contribution in [0.3, 0.4) is 0 Å². The number of rotatable bonds is 0. The van der Waals surface area contributed by atoms with Gasteiger partial charge < -0.3 is 25.2 Å². The molecule has 0 radical (unpaired) electrons. The van der Waals surface area contributed by atoms with Gasteiger partial charge in [-0.15, -0.1) is 0 Å². The first-order chi connectivity index (χ1) is 7.07. The van der Waals surface area contributed by atoms with Crippen LogP contribution >= 0.6 is 0 Å². The summed E-state index contributed by atoms with van der Waals surface area (Å²) in [5.74, 6) is 0. The molecule has 15 heavy (non-hydrogen) atoms. The summed E-state index contributed by atoms with van der Waals surface area (Å²) in [5, 5.41) is 30.3. The van der Waals surface area contributed by atoms with Gasteiger partial charge in [0.05, 0.1) is 0 Å². The van der Waals surface area contributed by atoms with Crippen molar-refractivity contribution < 1.29 is 25.2 Å². The second-order valence-electron chi connectivity index (χ2n) is 1.67. The fourth-order valence-electron chi connectivity index (χ4n) is 0. The van der Waals surface area contributed by atoms with E-state index in [1.54, 1.807) is 41.9 Å². The third kappa shape index (κ3) is 48000. The highest BCUT2D eigenvalue weighted by Crippen LogP contribution is 1.31. The highest BCUT2D eigenvalue weighted by Gasteiger charge is 1.35. The van der Waals surface area contributed by atoms with Crippen molar-refractivity contribution in [1.29, 1.82) is 0 Å². The fraction of sp³-hybridized carbons (Fsp3) is 1.00. The van der Waals surface area contributed by atoms with Crippen LogP contribution in [0.5, 0.6) is 0 Å². The van der Waals surface area contributed by atoms with Crippen LogP contribution in [0.15, 0.2) is 0 Å². The zero-order valence-electron chi connectivity index (χ0n) is 11.0. The van der Waals surface area contributed by atoms with Gasteiger partial charge in [-0.1, -0.05) is 0 Å². The maximum absolute atomic E-state index is 7.57. The highest BCUT2D eigenvalue weighted by molar-refractivity contribution is 3.84. The van der Waals surface area contributed by atoms with Crippen molar-refractivity contribution in [3.05, 3.63) is 0 Å². The predicted octanol–water partition coefficient (Wildman–Crippen LogP) is 0.257. The summed E-state index contributed by atoms with van der Waals surface area (Å²) < 4.78 is 4.25. The molecule has 0 aromatic rings. The molecule has 0 amide bonds. The van der Waals surface area contributed by atoms with Crippen LogP contribution in [0, 0.1) is 0 Å². The van der Waals surface area contributed by atoms with Crippen LogP contribution in [0.1, 0.15) is 27.7 Å². The summed E-state index contributed by atoms with van der Waals surface area (Å²) in [4.78, 5) is 0. The SMILES string of the molecule is CCO.CCO.CCO.CCO.COC. The summed E-state index contributed by atoms with van der Waals surface area (Å²) in [6, 6.07) is 0. The maximum atomic E-state index is 7.57. The molecule has 0 rings (SSSR count). The molecular weight excluding hydrogens is 200 g/mol. The molecule has 0 aliphatic carbocycles. The number of hydrogen-bond donors (Lipinski definition) is 4. The number of methoxy groups -OCH3 is 1. The van der Waals surface area contributed by atoms with Crippen molar-refractivity contribution in [2.45, 2.75) is 27.7 Å². The van der Waals surface area contributed by atoms with E-state index in [2.05, 4.69) is 4.74 Å². The van der Waals surface area contributed by atoms with Crippen molar-refractivity contribution in [3.8, 4) is 0 Å². The third-order valence-corrected chi connectivity index (χ3v) is 0. The van der Waals surface area contributed by atoms with Crippen molar-refractivity contribution in [2.75, 3.05) is 40.6 Å². The van der Waals surface area contributed by atoms with Gasteiger partial charge in [0.25, 0.3) is 0 Å². The molecule has 0 heterocycles. The van der Waals surface area contributed by atoms with Gasteiger partial charge in [0.1, 0.15) is 0 Å². The van der Waals surface area contributed by atoms with Gasteiger partial charge >= 0.3 is 0 Å². The summed E-state index contributed by atoms with van der Waals surface area (Å²) in [7, 11) is 3.25. The Hall–Kier alpha value is -0.200. The Morgan fingerprint density at radius 2 is 0.600 bits per heavy atom. The van der Waals surface area contributed by atoms with Crippen molar-refractivity contribution in [3.63, 3.8) is 0 Å². The Bertz CT molecular complexity index is 25.4. The van der Waals surface area contributed by atoms with Gasteiger partial charge in [-0.25, -0.2) is 0 Å². The smallest absolute Gasteiger partial charge is 0.0402 e. The van der Waals surface area contributed by atoms with E-state index in [0.29, 0.717) is 0 Å². The maximum Gasteiger partial charge on any atom is 0.0402 e. The molecule has 100 valence electrons. The lowest BCUT2D eigenvalue weighted by Gasteiger charge is -1.61. The molecule has 0 unspecified atom stereocenters. The summed E-state index contributed by atoms with van der Waals surface area (Å²) >= 11 is 0. The Morgan fingerprint density at radius 3 is 0.600 bits per heavy atom. The Kier molecular flexibility index (Phi) is 192. The summed E-state index contributed by atoms with van der Waals surface area (Å²) in [6.07, 6.45) is 0. The molecule has 0 bridgehead atoms. The Labute approximate surface area is 94.3 Å². The van der Waals surface area contributed by atoms with E-state index in [9.17, 15) is 0 Å². The summed E-state index contributed by atoms with van der Waals surface area (Å²) in [5.41, 5.74) is 0. The largest absolute Gasteiger partial charge is 0.397 e. The third-order valence-electron chi connectivity index (χ3n) is 0. The van der Waals surface area contributed by atoms with E-state index in [-0.39, 0.29) is 26.4 Å². The highest BCUT2D eigenvalue weighted by atomic mass is 16.4. The fourth-order valence-corrected chi connectivity index (χ4v) is 0. The predicted molar refractivity (Wildman–Crippen MR) is 64.0 cm³/mol. The van der Waals surface area contributed by atoms with Crippen molar-refractivity contribution in [2.24, 2.45) is 0 Å². The number of aliphatic hydroxyl groups is 4. The van der Waals surface area contributed by atoms with Crippen molar-refractivity contribution in [1.82, 2.24) is 0 Å². The van der Waals surface area contributed by atoms with Crippen LogP contribution in [0.2, 0.25) is 0 Å². The van der Waals surface area contributed by atoms with Gasteiger partial charge in [0.15, 0.2) is 0 Å². The first kappa shape index (κ1) is 29.3. The molecule has 0 saturated heterocycles. The number of hydrogen-bond acceptors (Lipinski definition) is 5. The minimum absolute atomic E-state index is 0.250. The monoisotopic (exact) mass is 230 g/mol. The lowest BCUT2D eigenvalue weighted by molar-refractivity contribution is 0.277. The molecule has 0 aromatic heterocycles. The molecule has 0 fully saturated rings. The molecule has 4 N–H and O–H groups in total. The Balaban J connectivity index is -0.0000000278. The topological polar surface area (TPSA) is 90.2 Å². The van der Waals surface area contributed by atoms with E-state index < -0.39 is 0 Å². The average Bonchev–Trinajstić information content (AvgIpc) is 2.09. The lowest BCUT2D eigenvalue weighted by Crippen LogP contribution is -1.57. The zero-order valence-corrected chi connectivity index (χ0v) is 11.0. The van der Waals surface area contributed by atoms with Crippen LogP contribution < -0.4 is 0 Å². The van der Waals surface area contributed by atoms with Gasteiger partial charge in [0, 0.05) is 40.6 Å². The van der Waals surface area contributed by atoms with Gasteiger partial charge in [-0.05, 0) is 27.7 Å². The molecule has 0 aliphatic heterocycles. The lowest BCUT2D eigenvalue weighted by atomic mass is 10.9. The van der Waals surface area contributed by atoms with E-state index in [1.165, 1.54) is 0 Å². The molecule has 0 saturated carbocycles. The second kappa shape index (κ2) is 98.1. The number of aliphatic hydroxyl groups excluding tert-OH is 4. The summed E-state index contributed by atoms with van der Waals surface area (Å²) in [6.45, 7) is 7.72. The molecule has 0 atom stereocenters. The molecular formula is C10H30O5. The number of ether oxygens (including phenoxy) is 1. The van der Waals surface area contributed by atoms with Gasteiger partial charge in [0.2, 0.25) is 0 Å². The van der Waals surface area contributed by atoms with Gasteiger partial charge in [-0.2, -0.15) is 0 Å². The first-order valence-electron chi connectivity index (χ1n) is 4.91. The average molecular weight is 230 g/mol. The van der Waals surface area contributed by atoms with E-state index in [4.69, 9.17) is 20.4 Å². The minimum Gasteiger partial charge on any atom is -0.397 e.